The molecule has 11 nitrogen and oxygen atoms in total. The minimum Gasteiger partial charge on any atom is -0.394 e. The van der Waals surface area contributed by atoms with Gasteiger partial charge in [0, 0.05) is 25.4 Å². The van der Waals surface area contributed by atoms with Crippen molar-refractivity contribution in [1.82, 2.24) is 0 Å². The van der Waals surface area contributed by atoms with E-state index in [4.69, 9.17) is 18.9 Å². The van der Waals surface area contributed by atoms with Gasteiger partial charge in [0.2, 0.25) is 0 Å². The molecule has 3 saturated carbocycles. The fourth-order valence-electron chi connectivity index (χ4n) is 11.1. The van der Waals surface area contributed by atoms with Gasteiger partial charge in [0.1, 0.15) is 35.6 Å². The second-order valence-electron chi connectivity index (χ2n) is 16.4. The molecule has 5 fully saturated rings. The third-order valence-electron chi connectivity index (χ3n) is 14.4. The van der Waals surface area contributed by atoms with Gasteiger partial charge in [-0.3, -0.25) is 0 Å². The summed E-state index contributed by atoms with van der Waals surface area (Å²) in [6, 6.07) is 0. The van der Waals surface area contributed by atoms with Gasteiger partial charge in [0.15, 0.2) is 12.6 Å². The number of rotatable bonds is 6. The van der Waals surface area contributed by atoms with Crippen LogP contribution in [-0.2, 0) is 18.9 Å². The summed E-state index contributed by atoms with van der Waals surface area (Å²) in [5.74, 6) is 1.75. The van der Waals surface area contributed by atoms with Crippen molar-refractivity contribution in [3.63, 3.8) is 0 Å². The van der Waals surface area contributed by atoms with Crippen molar-refractivity contribution in [2.45, 2.75) is 152 Å². The van der Waals surface area contributed by atoms with Crippen molar-refractivity contribution < 1.29 is 54.7 Å². The van der Waals surface area contributed by atoms with Crippen LogP contribution in [-0.4, -0.2) is 116 Å². The van der Waals surface area contributed by atoms with Gasteiger partial charge < -0.3 is 54.7 Å². The van der Waals surface area contributed by atoms with Gasteiger partial charge in [-0.15, -0.1) is 0 Å². The first-order valence-electron chi connectivity index (χ1n) is 17.5. The Balaban J connectivity index is 1.23. The molecule has 4 aliphatic carbocycles. The number of fused-ring (bicyclic) bond motifs is 5. The molecule has 0 bridgehead atoms. The van der Waals surface area contributed by atoms with Crippen molar-refractivity contribution in [1.29, 1.82) is 0 Å². The molecule has 0 radical (unpaired) electrons. The van der Waals surface area contributed by atoms with Crippen molar-refractivity contribution in [2.75, 3.05) is 13.7 Å². The molecule has 264 valence electrons. The van der Waals surface area contributed by atoms with E-state index in [1.807, 2.05) is 6.92 Å². The number of methoxy groups -OCH3 is 1. The van der Waals surface area contributed by atoms with E-state index in [9.17, 15) is 35.7 Å². The van der Waals surface area contributed by atoms with Crippen molar-refractivity contribution in [2.24, 2.45) is 40.4 Å². The maximum absolute atomic E-state index is 11.8. The van der Waals surface area contributed by atoms with Crippen LogP contribution >= 0.6 is 0 Å². The zero-order chi connectivity index (χ0) is 33.6. The summed E-state index contributed by atoms with van der Waals surface area (Å²) in [6.07, 6.45) is -1.05. The Hall–Kier alpha value is -0.700. The van der Waals surface area contributed by atoms with Crippen LogP contribution < -0.4 is 0 Å². The first-order valence-corrected chi connectivity index (χ1v) is 17.5. The molecule has 2 aliphatic heterocycles. The van der Waals surface area contributed by atoms with Crippen LogP contribution in [0.5, 0.6) is 0 Å². The van der Waals surface area contributed by atoms with Crippen LogP contribution in [0, 0.1) is 40.4 Å². The van der Waals surface area contributed by atoms with Crippen LogP contribution in [0.3, 0.4) is 0 Å². The highest BCUT2D eigenvalue weighted by Gasteiger charge is 2.64. The molecular formula is C35H58O11. The van der Waals surface area contributed by atoms with E-state index < -0.39 is 67.0 Å². The summed E-state index contributed by atoms with van der Waals surface area (Å²) in [4.78, 5) is 0. The zero-order valence-electron chi connectivity index (χ0n) is 28.3. The van der Waals surface area contributed by atoms with Crippen LogP contribution in [0.2, 0.25) is 0 Å². The Morgan fingerprint density at radius 1 is 0.957 bits per heavy atom. The van der Waals surface area contributed by atoms with Gasteiger partial charge in [0.25, 0.3) is 0 Å². The average molecular weight is 655 g/mol. The summed E-state index contributed by atoms with van der Waals surface area (Å²) >= 11 is 0. The molecular weight excluding hydrogens is 596 g/mol. The van der Waals surface area contributed by atoms with Crippen LogP contribution in [0.4, 0.5) is 0 Å². The van der Waals surface area contributed by atoms with E-state index in [0.29, 0.717) is 42.9 Å². The van der Waals surface area contributed by atoms with Crippen molar-refractivity contribution >= 4 is 0 Å². The number of aliphatic hydroxyl groups is 7. The van der Waals surface area contributed by atoms with E-state index in [1.54, 1.807) is 14.0 Å². The standard InChI is InChI=1S/C35H58O11/c1-17(21-9-10-22-20-8-7-18-13-19(37)14-26(38)34(18,4)23(20)11-12-32(21,22)2)24-15-33(3,43-6)35(5,42)31(45-24)46-30-29(41)28(40)27(39)25(16-36)44-30/h7,17,19-31,36-42H,8-16H2,1-6H3/t17-,19+,20-,21+,22-,23-,24+,25+,26-,27+,28-,29+,30-,31-,32+,33+,34-,35+/m0/s1. The molecule has 0 aromatic carbocycles. The number of aliphatic hydroxyl groups excluding tert-OH is 6. The Bertz CT molecular complexity index is 1150. The molecule has 11 heteroatoms. The van der Waals surface area contributed by atoms with Gasteiger partial charge in [-0.2, -0.15) is 0 Å². The van der Waals surface area contributed by atoms with E-state index in [-0.39, 0.29) is 22.9 Å². The maximum atomic E-state index is 11.8. The Kier molecular flexibility index (Phi) is 9.37. The van der Waals surface area contributed by atoms with Crippen molar-refractivity contribution in [3.8, 4) is 0 Å². The van der Waals surface area contributed by atoms with E-state index in [2.05, 4.69) is 26.8 Å². The van der Waals surface area contributed by atoms with Gasteiger partial charge in [-0.25, -0.2) is 0 Å². The molecule has 0 aromatic heterocycles. The van der Waals surface area contributed by atoms with Crippen molar-refractivity contribution in [3.05, 3.63) is 11.6 Å². The predicted molar refractivity (Wildman–Crippen MR) is 166 cm³/mol. The molecule has 46 heavy (non-hydrogen) atoms. The monoisotopic (exact) mass is 654 g/mol. The summed E-state index contributed by atoms with van der Waals surface area (Å²) < 4.78 is 24.2. The largest absolute Gasteiger partial charge is 0.394 e. The normalized spacial score (nSPS) is 56.4. The van der Waals surface area contributed by atoms with E-state index >= 15 is 0 Å². The summed E-state index contributed by atoms with van der Waals surface area (Å²) in [5.41, 5.74) is -1.76. The molecule has 2 heterocycles. The van der Waals surface area contributed by atoms with E-state index in [1.165, 1.54) is 5.57 Å². The first-order chi connectivity index (χ1) is 21.5. The third kappa shape index (κ3) is 5.18. The van der Waals surface area contributed by atoms with Crippen LogP contribution in [0.25, 0.3) is 0 Å². The average Bonchev–Trinajstić information content (AvgIpc) is 3.37. The highest BCUT2D eigenvalue weighted by molar-refractivity contribution is 5.27. The van der Waals surface area contributed by atoms with Gasteiger partial charge in [0.05, 0.1) is 24.9 Å². The number of allylic oxidation sites excluding steroid dienone is 1. The second-order valence-corrected chi connectivity index (χ2v) is 16.4. The SMILES string of the molecule is CO[C@]1(C)C[C@H]([C@@H](C)[C@H]2CC[C@H]3[C@@H]4CC=C5C[C@@H](O)C[C@H](O)[C@]5(C)[C@H]4CC[C@]23C)O[C@@H](O[C@@H]2O[C@H](CO)[C@@H](O)[C@H](O)[C@H]2O)[C@@]1(C)O. The smallest absolute Gasteiger partial charge is 0.192 e. The molecule has 6 aliphatic rings. The summed E-state index contributed by atoms with van der Waals surface area (Å²) in [6.45, 7) is 9.66. The predicted octanol–water partition coefficient (Wildman–Crippen LogP) is 1.62. The van der Waals surface area contributed by atoms with Gasteiger partial charge in [-0.1, -0.05) is 32.4 Å². The quantitative estimate of drug-likeness (QED) is 0.207. The Morgan fingerprint density at radius 2 is 1.67 bits per heavy atom. The molecule has 0 spiro atoms. The highest BCUT2D eigenvalue weighted by atomic mass is 16.8. The third-order valence-corrected chi connectivity index (χ3v) is 14.4. The fourth-order valence-corrected chi connectivity index (χ4v) is 11.1. The minimum absolute atomic E-state index is 0.0574. The molecule has 6 rings (SSSR count). The highest BCUT2D eigenvalue weighted by Crippen LogP contribution is 2.67. The lowest BCUT2D eigenvalue weighted by Crippen LogP contribution is -2.69. The topological polar surface area (TPSA) is 179 Å². The lowest BCUT2D eigenvalue weighted by molar-refractivity contribution is -0.400. The zero-order valence-corrected chi connectivity index (χ0v) is 28.3. The van der Waals surface area contributed by atoms with Gasteiger partial charge in [-0.05, 0) is 87.4 Å². The molecule has 7 N–H and O–H groups in total. The Morgan fingerprint density at radius 3 is 2.35 bits per heavy atom. The number of ether oxygens (including phenoxy) is 4. The molecule has 0 aromatic rings. The summed E-state index contributed by atoms with van der Waals surface area (Å²) in [7, 11) is 1.55. The second kappa shape index (κ2) is 12.3. The van der Waals surface area contributed by atoms with Gasteiger partial charge >= 0.3 is 0 Å². The minimum atomic E-state index is -1.67. The van der Waals surface area contributed by atoms with Crippen LogP contribution in [0.15, 0.2) is 11.6 Å². The lowest BCUT2D eigenvalue weighted by atomic mass is 9.46. The summed E-state index contributed by atoms with van der Waals surface area (Å²) in [5, 5.41) is 74.5. The molecule has 0 unspecified atom stereocenters. The number of hydrogen-bond donors (Lipinski definition) is 7. The lowest BCUT2D eigenvalue weighted by Gasteiger charge is -2.60. The first kappa shape index (κ1) is 35.1. The van der Waals surface area contributed by atoms with Crippen LogP contribution in [0.1, 0.15) is 86.0 Å². The molecule has 2 saturated heterocycles. The maximum Gasteiger partial charge on any atom is 0.192 e. The fraction of sp³-hybridized carbons (Fsp3) is 0.943. The van der Waals surface area contributed by atoms with E-state index in [0.717, 1.165) is 32.1 Å². The Labute approximate surface area is 272 Å². The molecule has 0 amide bonds. The molecule has 18 atom stereocenters. The number of hydrogen-bond acceptors (Lipinski definition) is 11.